The van der Waals surface area contributed by atoms with E-state index in [0.717, 1.165) is 29.3 Å². The molecule has 0 unspecified atom stereocenters. The molecule has 0 fully saturated rings. The van der Waals surface area contributed by atoms with Crippen LogP contribution in [-0.2, 0) is 21.2 Å². The molecule has 0 aliphatic heterocycles. The summed E-state index contributed by atoms with van der Waals surface area (Å²) in [5.74, 6) is -0.435. The number of anilines is 1. The number of aryl methyl sites for hydroxylation is 2. The van der Waals surface area contributed by atoms with Gasteiger partial charge in [-0.05, 0) is 73.9 Å². The van der Waals surface area contributed by atoms with Crippen LogP contribution in [0.3, 0.4) is 0 Å². The molecule has 0 bridgehead atoms. The average molecular weight is 471 g/mol. The smallest absolute Gasteiger partial charge is 0.264 e. The van der Waals surface area contributed by atoms with E-state index in [9.17, 15) is 17.6 Å². The molecule has 6 nitrogen and oxygen atoms in total. The molecule has 0 radical (unpaired) electrons. The third kappa shape index (κ3) is 6.55. The van der Waals surface area contributed by atoms with Gasteiger partial charge in [-0.2, -0.15) is 0 Å². The Labute approximate surface area is 194 Å². The number of benzene rings is 3. The first kappa shape index (κ1) is 24.3. The highest BCUT2D eigenvalue weighted by Crippen LogP contribution is 2.25. The van der Waals surface area contributed by atoms with Crippen molar-refractivity contribution in [2.75, 3.05) is 24.5 Å². The number of carbonyl (C=O) groups is 1. The second kappa shape index (κ2) is 11.0. The lowest BCUT2D eigenvalue weighted by Gasteiger charge is -2.24. The van der Waals surface area contributed by atoms with Crippen molar-refractivity contribution in [2.45, 2.75) is 24.7 Å². The van der Waals surface area contributed by atoms with Gasteiger partial charge in [-0.3, -0.25) is 9.10 Å². The van der Waals surface area contributed by atoms with Crippen molar-refractivity contribution >= 4 is 21.6 Å². The normalized spacial score (nSPS) is 11.1. The largest absolute Gasteiger partial charge is 0.497 e. The summed E-state index contributed by atoms with van der Waals surface area (Å²) in [5.41, 5.74) is 2.55. The standard InChI is InChI=1S/C25H27FN2O4S/c1-19-5-7-20(8-6-19)4-3-17-27-25(29)18-28(22-11-9-21(26)10-12-22)33(30,31)24-15-13-23(32-2)14-16-24/h5-16H,3-4,17-18H2,1-2H3,(H,27,29). The number of ether oxygens (including phenoxy) is 1. The topological polar surface area (TPSA) is 75.7 Å². The van der Waals surface area contributed by atoms with E-state index in [4.69, 9.17) is 4.74 Å². The molecule has 3 rings (SSSR count). The number of nitrogens with zero attached hydrogens (tertiary/aromatic N) is 1. The van der Waals surface area contributed by atoms with E-state index in [1.807, 2.05) is 19.1 Å². The zero-order chi connectivity index (χ0) is 23.8. The molecule has 1 N–H and O–H groups in total. The Hall–Kier alpha value is -3.39. The number of carbonyl (C=O) groups excluding carboxylic acids is 1. The van der Waals surface area contributed by atoms with E-state index in [0.29, 0.717) is 12.3 Å². The van der Waals surface area contributed by atoms with Crippen LogP contribution in [0.5, 0.6) is 5.75 Å². The quantitative estimate of drug-likeness (QED) is 0.453. The fourth-order valence-corrected chi connectivity index (χ4v) is 4.68. The predicted molar refractivity (Wildman–Crippen MR) is 126 cm³/mol. The Balaban J connectivity index is 1.70. The number of nitrogens with one attached hydrogen (secondary N) is 1. The second-order valence-electron chi connectivity index (χ2n) is 7.60. The van der Waals surface area contributed by atoms with Gasteiger partial charge in [0.25, 0.3) is 10.0 Å². The summed E-state index contributed by atoms with van der Waals surface area (Å²) in [4.78, 5) is 12.6. The summed E-state index contributed by atoms with van der Waals surface area (Å²) in [5, 5.41) is 2.78. The lowest BCUT2D eigenvalue weighted by molar-refractivity contribution is -0.119. The molecule has 1 amide bonds. The molecular formula is C25H27FN2O4S. The van der Waals surface area contributed by atoms with E-state index in [1.165, 1.54) is 54.6 Å². The molecule has 0 spiro atoms. The number of hydrogen-bond donors (Lipinski definition) is 1. The highest BCUT2D eigenvalue weighted by molar-refractivity contribution is 7.92. The first-order chi connectivity index (χ1) is 15.8. The van der Waals surface area contributed by atoms with Crippen LogP contribution < -0.4 is 14.4 Å². The summed E-state index contributed by atoms with van der Waals surface area (Å²) in [6.07, 6.45) is 1.52. The number of halogens is 1. The van der Waals surface area contributed by atoms with Crippen LogP contribution in [-0.4, -0.2) is 34.5 Å². The van der Waals surface area contributed by atoms with Crippen molar-refractivity contribution in [1.82, 2.24) is 5.32 Å². The van der Waals surface area contributed by atoms with Crippen molar-refractivity contribution in [1.29, 1.82) is 0 Å². The van der Waals surface area contributed by atoms with Gasteiger partial charge in [-0.15, -0.1) is 0 Å². The van der Waals surface area contributed by atoms with Gasteiger partial charge in [0.15, 0.2) is 0 Å². The van der Waals surface area contributed by atoms with Crippen LogP contribution in [0.25, 0.3) is 0 Å². The molecule has 3 aromatic rings. The fourth-order valence-electron chi connectivity index (χ4n) is 3.26. The number of methoxy groups -OCH3 is 1. The molecule has 0 saturated carbocycles. The Kier molecular flexibility index (Phi) is 8.06. The highest BCUT2D eigenvalue weighted by Gasteiger charge is 2.27. The Morgan fingerprint density at radius 3 is 2.21 bits per heavy atom. The van der Waals surface area contributed by atoms with E-state index in [-0.39, 0.29) is 10.6 Å². The first-order valence-electron chi connectivity index (χ1n) is 10.5. The third-order valence-corrected chi connectivity index (χ3v) is 6.92. The van der Waals surface area contributed by atoms with Gasteiger partial charge in [0.2, 0.25) is 5.91 Å². The summed E-state index contributed by atoms with van der Waals surface area (Å²) in [6, 6.07) is 19.0. The number of rotatable bonds is 10. The van der Waals surface area contributed by atoms with Crippen molar-refractivity contribution in [3.8, 4) is 5.75 Å². The Morgan fingerprint density at radius 2 is 1.61 bits per heavy atom. The van der Waals surface area contributed by atoms with Crippen LogP contribution in [0.15, 0.2) is 77.7 Å². The zero-order valence-corrected chi connectivity index (χ0v) is 19.4. The summed E-state index contributed by atoms with van der Waals surface area (Å²) >= 11 is 0. The monoisotopic (exact) mass is 470 g/mol. The van der Waals surface area contributed by atoms with Crippen molar-refractivity contribution in [3.05, 3.63) is 89.7 Å². The van der Waals surface area contributed by atoms with Crippen molar-refractivity contribution in [3.63, 3.8) is 0 Å². The van der Waals surface area contributed by atoms with E-state index in [1.54, 1.807) is 0 Å². The molecule has 174 valence electrons. The lowest BCUT2D eigenvalue weighted by atomic mass is 10.1. The minimum absolute atomic E-state index is 0.000189. The van der Waals surface area contributed by atoms with Crippen LogP contribution >= 0.6 is 0 Å². The van der Waals surface area contributed by atoms with Gasteiger partial charge < -0.3 is 10.1 Å². The Morgan fingerprint density at radius 1 is 0.970 bits per heavy atom. The summed E-state index contributed by atoms with van der Waals surface area (Å²) in [6.45, 7) is 2.01. The third-order valence-electron chi connectivity index (χ3n) is 5.13. The number of hydrogen-bond acceptors (Lipinski definition) is 4. The minimum Gasteiger partial charge on any atom is -0.497 e. The summed E-state index contributed by atoms with van der Waals surface area (Å²) < 4.78 is 46.1. The Bertz CT molecular complexity index is 1160. The molecule has 0 aliphatic carbocycles. The second-order valence-corrected chi connectivity index (χ2v) is 9.47. The molecule has 3 aromatic carbocycles. The highest BCUT2D eigenvalue weighted by atomic mass is 32.2. The van der Waals surface area contributed by atoms with E-state index >= 15 is 0 Å². The van der Waals surface area contributed by atoms with Gasteiger partial charge in [0, 0.05) is 6.54 Å². The fraction of sp³-hybridized carbons (Fsp3) is 0.240. The summed E-state index contributed by atoms with van der Waals surface area (Å²) in [7, 11) is -2.59. The van der Waals surface area contributed by atoms with Gasteiger partial charge >= 0.3 is 0 Å². The molecule has 8 heteroatoms. The van der Waals surface area contributed by atoms with Crippen LogP contribution in [0, 0.1) is 12.7 Å². The zero-order valence-electron chi connectivity index (χ0n) is 18.6. The maximum atomic E-state index is 13.4. The van der Waals surface area contributed by atoms with Crippen LogP contribution in [0.4, 0.5) is 10.1 Å². The number of sulfonamides is 1. The molecular weight excluding hydrogens is 443 g/mol. The van der Waals surface area contributed by atoms with Crippen molar-refractivity contribution in [2.24, 2.45) is 0 Å². The predicted octanol–water partition coefficient (Wildman–Crippen LogP) is 4.09. The minimum atomic E-state index is -4.07. The van der Waals surface area contributed by atoms with Gasteiger partial charge in [-0.25, -0.2) is 12.8 Å². The van der Waals surface area contributed by atoms with E-state index < -0.39 is 28.3 Å². The van der Waals surface area contributed by atoms with Crippen LogP contribution in [0.1, 0.15) is 17.5 Å². The molecule has 0 atom stereocenters. The van der Waals surface area contributed by atoms with Gasteiger partial charge in [0.1, 0.15) is 18.1 Å². The average Bonchev–Trinajstić information content (AvgIpc) is 2.82. The lowest BCUT2D eigenvalue weighted by Crippen LogP contribution is -2.41. The molecule has 0 aromatic heterocycles. The maximum absolute atomic E-state index is 13.4. The van der Waals surface area contributed by atoms with E-state index in [2.05, 4.69) is 17.4 Å². The van der Waals surface area contributed by atoms with Crippen molar-refractivity contribution < 1.29 is 22.3 Å². The molecule has 33 heavy (non-hydrogen) atoms. The van der Waals surface area contributed by atoms with Gasteiger partial charge in [0.05, 0.1) is 17.7 Å². The molecule has 0 aliphatic rings. The maximum Gasteiger partial charge on any atom is 0.264 e. The SMILES string of the molecule is COc1ccc(S(=O)(=O)N(CC(=O)NCCCc2ccc(C)cc2)c2ccc(F)cc2)cc1. The number of amides is 1. The first-order valence-corrected chi connectivity index (χ1v) is 12.0. The van der Waals surface area contributed by atoms with Crippen LogP contribution in [0.2, 0.25) is 0 Å². The molecule has 0 saturated heterocycles. The van der Waals surface area contributed by atoms with Gasteiger partial charge in [-0.1, -0.05) is 29.8 Å². The molecule has 0 heterocycles.